The number of terminal acetylenes is 1. The van der Waals surface area contributed by atoms with Crippen LogP contribution in [0.5, 0.6) is 23.0 Å². The Bertz CT molecular complexity index is 1270. The zero-order valence-electron chi connectivity index (χ0n) is 20.8. The smallest absolute Gasteiger partial charge is 0.331 e. The molecule has 1 saturated heterocycles. The largest absolute Gasteiger partial charge is 0.493 e. The fraction of sp³-hybridized carbons (Fsp3) is 0.296. The van der Waals surface area contributed by atoms with Crippen LogP contribution in [0.3, 0.4) is 0 Å². The van der Waals surface area contributed by atoms with Gasteiger partial charge in [0.1, 0.15) is 12.2 Å². The summed E-state index contributed by atoms with van der Waals surface area (Å²) >= 11 is 6.35. The topological polar surface area (TPSA) is 103 Å². The molecule has 0 bridgehead atoms. The summed E-state index contributed by atoms with van der Waals surface area (Å²) in [6.45, 7) is 4.49. The van der Waals surface area contributed by atoms with Crippen LogP contribution in [0, 0.1) is 12.3 Å². The Hall–Kier alpha value is -4.16. The number of nitrogens with one attached hydrogen (secondary N) is 1. The molecule has 0 aliphatic carbocycles. The molecule has 0 atom stereocenters. The van der Waals surface area contributed by atoms with Gasteiger partial charge < -0.3 is 18.9 Å². The molecule has 1 aliphatic rings. The van der Waals surface area contributed by atoms with Gasteiger partial charge in [0.05, 0.1) is 31.9 Å². The van der Waals surface area contributed by atoms with Crippen LogP contribution >= 0.6 is 11.6 Å². The molecule has 2 aromatic rings. The normalized spacial score (nSPS) is 14.3. The van der Waals surface area contributed by atoms with Crippen molar-refractivity contribution in [2.75, 3.05) is 26.9 Å². The summed E-state index contributed by atoms with van der Waals surface area (Å²) in [4.78, 5) is 39.3. The lowest BCUT2D eigenvalue weighted by Gasteiger charge is -2.26. The lowest BCUT2D eigenvalue weighted by molar-refractivity contribution is -0.130. The molecule has 1 aliphatic heterocycles. The number of benzene rings is 2. The van der Waals surface area contributed by atoms with E-state index >= 15 is 0 Å². The second-order valence-corrected chi connectivity index (χ2v) is 8.21. The summed E-state index contributed by atoms with van der Waals surface area (Å²) in [7, 11) is 1.50. The number of hydrogen-bond donors (Lipinski definition) is 1. The number of imide groups is 2. The first-order chi connectivity index (χ1) is 17.8. The molecule has 0 saturated carbocycles. The van der Waals surface area contributed by atoms with Crippen LogP contribution in [0.25, 0.3) is 6.08 Å². The zero-order chi connectivity index (χ0) is 26.9. The molecule has 1 fully saturated rings. The molecule has 0 radical (unpaired) electrons. The van der Waals surface area contributed by atoms with Crippen molar-refractivity contribution in [2.45, 2.75) is 26.8 Å². The Morgan fingerprint density at radius 3 is 2.51 bits per heavy atom. The van der Waals surface area contributed by atoms with E-state index in [1.54, 1.807) is 31.2 Å². The van der Waals surface area contributed by atoms with Gasteiger partial charge in [0.25, 0.3) is 11.8 Å². The number of carbonyl (C=O) groups is 3. The highest BCUT2D eigenvalue weighted by Crippen LogP contribution is 2.37. The predicted molar refractivity (Wildman–Crippen MR) is 138 cm³/mol. The highest BCUT2D eigenvalue weighted by Gasteiger charge is 2.36. The number of nitrogens with zero attached hydrogens (tertiary/aromatic N) is 1. The fourth-order valence-electron chi connectivity index (χ4n) is 3.52. The third kappa shape index (κ3) is 6.54. The third-order valence-electron chi connectivity index (χ3n) is 5.16. The first-order valence-electron chi connectivity index (χ1n) is 11.5. The molecule has 1 heterocycles. The minimum absolute atomic E-state index is 0.0192. The van der Waals surface area contributed by atoms with Crippen molar-refractivity contribution in [3.8, 4) is 35.3 Å². The van der Waals surface area contributed by atoms with Crippen LogP contribution in [0.1, 0.15) is 31.4 Å². The summed E-state index contributed by atoms with van der Waals surface area (Å²) in [5.74, 6) is 2.33. The van der Waals surface area contributed by atoms with Crippen LogP contribution in [0.15, 0.2) is 35.9 Å². The minimum Gasteiger partial charge on any atom is -0.493 e. The summed E-state index contributed by atoms with van der Waals surface area (Å²) in [5.41, 5.74) is 0.758. The lowest BCUT2D eigenvalue weighted by Crippen LogP contribution is -2.53. The number of ether oxygens (including phenoxy) is 4. The number of barbiturate groups is 1. The molecule has 0 spiro atoms. The average Bonchev–Trinajstić information content (AvgIpc) is 2.87. The molecule has 194 valence electrons. The monoisotopic (exact) mass is 526 g/mol. The number of amides is 4. The molecular weight excluding hydrogens is 500 g/mol. The Balaban J connectivity index is 1.91. The average molecular weight is 527 g/mol. The Morgan fingerprint density at radius 2 is 1.84 bits per heavy atom. The van der Waals surface area contributed by atoms with E-state index in [0.717, 1.165) is 11.3 Å². The summed E-state index contributed by atoms with van der Waals surface area (Å²) in [6, 6.07) is 7.34. The molecule has 4 amide bonds. The van der Waals surface area contributed by atoms with E-state index in [9.17, 15) is 14.4 Å². The number of carbonyl (C=O) groups excluding carboxylic acids is 3. The van der Waals surface area contributed by atoms with Crippen LogP contribution in [-0.2, 0) is 16.1 Å². The van der Waals surface area contributed by atoms with Crippen molar-refractivity contribution in [1.82, 2.24) is 10.2 Å². The Labute approximate surface area is 220 Å². The molecule has 0 unspecified atom stereocenters. The predicted octanol–water partition coefficient (Wildman–Crippen LogP) is 4.21. The third-order valence-corrected chi connectivity index (χ3v) is 5.44. The van der Waals surface area contributed by atoms with Gasteiger partial charge in [-0.2, -0.15) is 0 Å². The molecule has 1 N–H and O–H groups in total. The summed E-state index contributed by atoms with van der Waals surface area (Å²) in [5, 5.41) is 2.39. The van der Waals surface area contributed by atoms with Gasteiger partial charge in [-0.1, -0.05) is 30.5 Å². The standard InChI is InChI=1S/C27H27ClN2O7/c1-5-10-36-21-9-8-17(14-22(21)34-4)16-30-26(32)19(25(31)29-27(30)33)12-18-13-20(28)24(37-11-6-2)23(15-18)35-7-3/h2,8-9,12-15H,5,7,10-11,16H2,1,3-4H3,(H,29,31,33)/b19-12+. The van der Waals surface area contributed by atoms with E-state index in [-0.39, 0.29) is 29.5 Å². The molecular formula is C27H27ClN2O7. The van der Waals surface area contributed by atoms with Crippen molar-refractivity contribution in [2.24, 2.45) is 0 Å². The molecule has 3 rings (SSSR count). The molecule has 0 aromatic heterocycles. The second-order valence-electron chi connectivity index (χ2n) is 7.80. The van der Waals surface area contributed by atoms with Crippen molar-refractivity contribution >= 4 is 35.5 Å². The van der Waals surface area contributed by atoms with Crippen LogP contribution in [0.4, 0.5) is 4.79 Å². The quantitative estimate of drug-likeness (QED) is 0.266. The maximum Gasteiger partial charge on any atom is 0.331 e. The Morgan fingerprint density at radius 1 is 1.05 bits per heavy atom. The SMILES string of the molecule is C#CCOc1c(Cl)cc(/C=C2\C(=O)NC(=O)N(Cc3ccc(OCCC)c(OC)c3)C2=O)cc1OCC. The van der Waals surface area contributed by atoms with Gasteiger partial charge in [0, 0.05) is 0 Å². The summed E-state index contributed by atoms with van der Waals surface area (Å²) in [6.07, 6.45) is 7.42. The zero-order valence-corrected chi connectivity index (χ0v) is 21.5. The van der Waals surface area contributed by atoms with Gasteiger partial charge in [-0.25, -0.2) is 4.79 Å². The molecule has 10 heteroatoms. The maximum absolute atomic E-state index is 13.2. The number of halogens is 1. The van der Waals surface area contributed by atoms with Crippen molar-refractivity contribution in [3.63, 3.8) is 0 Å². The Kier molecular flexibility index (Phi) is 9.41. The number of methoxy groups -OCH3 is 1. The van der Waals surface area contributed by atoms with Gasteiger partial charge in [-0.15, -0.1) is 6.42 Å². The van der Waals surface area contributed by atoms with Gasteiger partial charge in [-0.3, -0.25) is 19.8 Å². The van der Waals surface area contributed by atoms with Crippen molar-refractivity contribution < 1.29 is 33.3 Å². The van der Waals surface area contributed by atoms with Crippen LogP contribution < -0.4 is 24.3 Å². The molecule has 37 heavy (non-hydrogen) atoms. The van der Waals surface area contributed by atoms with Crippen LogP contribution in [-0.4, -0.2) is 49.7 Å². The van der Waals surface area contributed by atoms with E-state index in [0.29, 0.717) is 41.6 Å². The van der Waals surface area contributed by atoms with Gasteiger partial charge >= 0.3 is 6.03 Å². The fourth-order valence-corrected chi connectivity index (χ4v) is 3.79. The van der Waals surface area contributed by atoms with E-state index in [1.165, 1.54) is 19.3 Å². The van der Waals surface area contributed by atoms with Crippen molar-refractivity contribution in [3.05, 3.63) is 52.1 Å². The van der Waals surface area contributed by atoms with E-state index in [1.807, 2.05) is 6.92 Å². The maximum atomic E-state index is 13.2. The number of urea groups is 1. The number of rotatable bonds is 11. The van der Waals surface area contributed by atoms with E-state index in [2.05, 4.69) is 11.2 Å². The summed E-state index contributed by atoms with van der Waals surface area (Å²) < 4.78 is 22.1. The van der Waals surface area contributed by atoms with Gasteiger partial charge in [-0.05, 0) is 54.8 Å². The van der Waals surface area contributed by atoms with Crippen molar-refractivity contribution in [1.29, 1.82) is 0 Å². The minimum atomic E-state index is -0.830. The second kappa shape index (κ2) is 12.7. The highest BCUT2D eigenvalue weighted by molar-refractivity contribution is 6.33. The number of hydrogen-bond acceptors (Lipinski definition) is 7. The van der Waals surface area contributed by atoms with Crippen LogP contribution in [0.2, 0.25) is 5.02 Å². The van der Waals surface area contributed by atoms with Gasteiger partial charge in [0.15, 0.2) is 23.0 Å². The molecule has 9 nitrogen and oxygen atoms in total. The van der Waals surface area contributed by atoms with E-state index in [4.69, 9.17) is 37.0 Å². The van der Waals surface area contributed by atoms with E-state index < -0.39 is 17.8 Å². The lowest BCUT2D eigenvalue weighted by atomic mass is 10.1. The molecule has 2 aromatic carbocycles. The highest BCUT2D eigenvalue weighted by atomic mass is 35.5. The first kappa shape index (κ1) is 27.4. The van der Waals surface area contributed by atoms with Gasteiger partial charge in [0.2, 0.25) is 0 Å². The first-order valence-corrected chi connectivity index (χ1v) is 11.9.